The summed E-state index contributed by atoms with van der Waals surface area (Å²) in [5.41, 5.74) is 2.49. The molecule has 4 nitrogen and oxygen atoms in total. The minimum Gasteiger partial charge on any atom is -0.392 e. The van der Waals surface area contributed by atoms with Gasteiger partial charge in [-0.05, 0) is 31.0 Å². The Labute approximate surface area is 88.0 Å². The Hall–Kier alpha value is -1.68. The van der Waals surface area contributed by atoms with Crippen molar-refractivity contribution in [3.05, 3.63) is 45.0 Å². The molecule has 0 aliphatic rings. The SMILES string of the molecule is Cc1cc(C)c([N+](=O)[O-])cc1C=CCO. The van der Waals surface area contributed by atoms with Crippen LogP contribution in [-0.4, -0.2) is 16.6 Å². The summed E-state index contributed by atoms with van der Waals surface area (Å²) in [7, 11) is 0. The van der Waals surface area contributed by atoms with Gasteiger partial charge in [0.25, 0.3) is 5.69 Å². The molecule has 0 bridgehead atoms. The van der Waals surface area contributed by atoms with Gasteiger partial charge in [0.1, 0.15) is 0 Å². The highest BCUT2D eigenvalue weighted by Gasteiger charge is 2.11. The summed E-state index contributed by atoms with van der Waals surface area (Å²) in [5.74, 6) is 0. The molecule has 1 N–H and O–H groups in total. The largest absolute Gasteiger partial charge is 0.392 e. The molecule has 4 heteroatoms. The van der Waals surface area contributed by atoms with Gasteiger partial charge in [-0.15, -0.1) is 0 Å². The van der Waals surface area contributed by atoms with Gasteiger partial charge in [0.15, 0.2) is 0 Å². The van der Waals surface area contributed by atoms with Crippen LogP contribution < -0.4 is 0 Å². The van der Waals surface area contributed by atoms with Crippen LogP contribution in [0.4, 0.5) is 5.69 Å². The average molecular weight is 207 g/mol. The third-order valence-electron chi connectivity index (χ3n) is 2.18. The van der Waals surface area contributed by atoms with E-state index < -0.39 is 4.92 Å². The highest BCUT2D eigenvalue weighted by molar-refractivity contribution is 5.59. The Morgan fingerprint density at radius 1 is 1.40 bits per heavy atom. The number of aliphatic hydroxyl groups excluding tert-OH is 1. The van der Waals surface area contributed by atoms with E-state index in [-0.39, 0.29) is 12.3 Å². The summed E-state index contributed by atoms with van der Waals surface area (Å²) in [6.45, 7) is 3.53. The number of nitro benzene ring substituents is 1. The normalized spacial score (nSPS) is 10.9. The second kappa shape index (κ2) is 4.70. The van der Waals surface area contributed by atoms with Crippen molar-refractivity contribution in [2.24, 2.45) is 0 Å². The lowest BCUT2D eigenvalue weighted by Gasteiger charge is -2.03. The van der Waals surface area contributed by atoms with Gasteiger partial charge in [-0.25, -0.2) is 0 Å². The second-order valence-corrected chi connectivity index (χ2v) is 3.34. The lowest BCUT2D eigenvalue weighted by Crippen LogP contribution is -1.94. The smallest absolute Gasteiger partial charge is 0.272 e. The Morgan fingerprint density at radius 3 is 2.60 bits per heavy atom. The van der Waals surface area contributed by atoms with Gasteiger partial charge in [0, 0.05) is 11.6 Å². The molecule has 0 unspecified atom stereocenters. The van der Waals surface area contributed by atoms with Crippen LogP contribution in [0.25, 0.3) is 6.08 Å². The number of hydrogen-bond donors (Lipinski definition) is 1. The number of benzene rings is 1. The van der Waals surface area contributed by atoms with Crippen LogP contribution >= 0.6 is 0 Å². The minimum absolute atomic E-state index is 0.0683. The van der Waals surface area contributed by atoms with Gasteiger partial charge in [-0.3, -0.25) is 10.1 Å². The predicted molar refractivity (Wildman–Crippen MR) is 58.7 cm³/mol. The van der Waals surface area contributed by atoms with E-state index in [1.54, 1.807) is 25.1 Å². The highest BCUT2D eigenvalue weighted by atomic mass is 16.6. The summed E-state index contributed by atoms with van der Waals surface area (Å²) in [4.78, 5) is 10.3. The van der Waals surface area contributed by atoms with Crippen LogP contribution in [0.1, 0.15) is 16.7 Å². The van der Waals surface area contributed by atoms with E-state index in [2.05, 4.69) is 0 Å². The third kappa shape index (κ3) is 2.63. The van der Waals surface area contributed by atoms with E-state index in [4.69, 9.17) is 5.11 Å². The maximum absolute atomic E-state index is 10.7. The number of aryl methyl sites for hydroxylation is 2. The van der Waals surface area contributed by atoms with Crippen molar-refractivity contribution in [2.75, 3.05) is 6.61 Å². The summed E-state index contributed by atoms with van der Waals surface area (Å²) in [6.07, 6.45) is 3.24. The molecule has 0 aliphatic heterocycles. The standard InChI is InChI=1S/C11H13NO3/c1-8-6-9(2)11(12(14)15)7-10(8)4-3-5-13/h3-4,6-7,13H,5H2,1-2H3. The lowest BCUT2D eigenvalue weighted by atomic mass is 10.0. The quantitative estimate of drug-likeness (QED) is 0.610. The molecule has 0 saturated heterocycles. The maximum atomic E-state index is 10.7. The molecule has 0 radical (unpaired) electrons. The third-order valence-corrected chi connectivity index (χ3v) is 2.18. The van der Waals surface area contributed by atoms with Crippen molar-refractivity contribution >= 4 is 11.8 Å². The van der Waals surface area contributed by atoms with Crippen molar-refractivity contribution < 1.29 is 10.0 Å². The van der Waals surface area contributed by atoms with Gasteiger partial charge in [-0.2, -0.15) is 0 Å². The number of nitro groups is 1. The molecule has 1 rings (SSSR count). The fourth-order valence-corrected chi connectivity index (χ4v) is 1.41. The first-order valence-electron chi connectivity index (χ1n) is 4.59. The Kier molecular flexibility index (Phi) is 3.57. The Morgan fingerprint density at radius 2 is 2.07 bits per heavy atom. The van der Waals surface area contributed by atoms with Crippen LogP contribution in [0, 0.1) is 24.0 Å². The van der Waals surface area contributed by atoms with Crippen molar-refractivity contribution in [3.63, 3.8) is 0 Å². The molecule has 0 aromatic heterocycles. The van der Waals surface area contributed by atoms with Gasteiger partial charge in [-0.1, -0.05) is 12.2 Å². The Balaban J connectivity index is 3.23. The molecule has 1 aromatic rings. The summed E-state index contributed by atoms with van der Waals surface area (Å²) in [5, 5.41) is 19.3. The zero-order chi connectivity index (χ0) is 11.4. The van der Waals surface area contributed by atoms with Crippen molar-refractivity contribution in [3.8, 4) is 0 Å². The van der Waals surface area contributed by atoms with Crippen molar-refractivity contribution in [1.29, 1.82) is 0 Å². The molecular formula is C11H13NO3. The maximum Gasteiger partial charge on any atom is 0.272 e. The molecule has 0 heterocycles. The fourth-order valence-electron chi connectivity index (χ4n) is 1.41. The minimum atomic E-state index is -0.398. The summed E-state index contributed by atoms with van der Waals surface area (Å²) < 4.78 is 0. The molecule has 0 fully saturated rings. The zero-order valence-electron chi connectivity index (χ0n) is 8.73. The lowest BCUT2D eigenvalue weighted by molar-refractivity contribution is -0.385. The van der Waals surface area contributed by atoms with Gasteiger partial charge in [0.2, 0.25) is 0 Å². The molecule has 15 heavy (non-hydrogen) atoms. The first-order chi connectivity index (χ1) is 7.06. The second-order valence-electron chi connectivity index (χ2n) is 3.34. The van der Waals surface area contributed by atoms with E-state index in [1.165, 1.54) is 6.07 Å². The number of aliphatic hydroxyl groups is 1. The summed E-state index contributed by atoms with van der Waals surface area (Å²) in [6, 6.07) is 3.30. The van der Waals surface area contributed by atoms with Crippen LogP contribution in [0.15, 0.2) is 18.2 Å². The van der Waals surface area contributed by atoms with Crippen LogP contribution in [0.2, 0.25) is 0 Å². The molecule has 0 atom stereocenters. The van der Waals surface area contributed by atoms with E-state index in [1.807, 2.05) is 6.92 Å². The first kappa shape index (κ1) is 11.4. The zero-order valence-corrected chi connectivity index (χ0v) is 8.73. The van der Waals surface area contributed by atoms with Crippen LogP contribution in [-0.2, 0) is 0 Å². The number of nitrogens with zero attached hydrogens (tertiary/aromatic N) is 1. The summed E-state index contributed by atoms with van der Waals surface area (Å²) >= 11 is 0. The number of rotatable bonds is 3. The van der Waals surface area contributed by atoms with Gasteiger partial charge >= 0.3 is 0 Å². The van der Waals surface area contributed by atoms with Crippen molar-refractivity contribution in [1.82, 2.24) is 0 Å². The molecule has 80 valence electrons. The molecule has 1 aromatic carbocycles. The van der Waals surface area contributed by atoms with Gasteiger partial charge < -0.3 is 5.11 Å². The molecule has 0 spiro atoms. The molecular weight excluding hydrogens is 194 g/mol. The average Bonchev–Trinajstić information content (AvgIpc) is 2.16. The first-order valence-corrected chi connectivity index (χ1v) is 4.59. The van der Waals surface area contributed by atoms with E-state index >= 15 is 0 Å². The predicted octanol–water partition coefficient (Wildman–Crippen LogP) is 2.22. The Bertz CT molecular complexity index is 411. The number of hydrogen-bond acceptors (Lipinski definition) is 3. The molecule has 0 amide bonds. The fraction of sp³-hybridized carbons (Fsp3) is 0.273. The van der Waals surface area contributed by atoms with Gasteiger partial charge in [0.05, 0.1) is 11.5 Å². The molecule has 0 aliphatic carbocycles. The van der Waals surface area contributed by atoms with E-state index in [0.29, 0.717) is 5.56 Å². The van der Waals surface area contributed by atoms with Crippen molar-refractivity contribution in [2.45, 2.75) is 13.8 Å². The van der Waals surface area contributed by atoms with E-state index in [0.717, 1.165) is 11.1 Å². The van der Waals surface area contributed by atoms with Crippen LogP contribution in [0.3, 0.4) is 0 Å². The highest BCUT2D eigenvalue weighted by Crippen LogP contribution is 2.23. The topological polar surface area (TPSA) is 63.4 Å². The van der Waals surface area contributed by atoms with E-state index in [9.17, 15) is 10.1 Å². The van der Waals surface area contributed by atoms with Crippen LogP contribution in [0.5, 0.6) is 0 Å². The monoisotopic (exact) mass is 207 g/mol. The molecule has 0 saturated carbocycles.